The number of fused-ring (bicyclic) bond motifs is 3. The average Bonchev–Trinajstić information content (AvgIpc) is 3.19. The van der Waals surface area contributed by atoms with E-state index in [-0.39, 0.29) is 5.92 Å². The van der Waals surface area contributed by atoms with Crippen LogP contribution in [-0.4, -0.2) is 22.5 Å². The molecule has 1 saturated heterocycles. The number of hydrogen-bond acceptors (Lipinski definition) is 3. The van der Waals surface area contributed by atoms with Gasteiger partial charge in [0.25, 0.3) is 0 Å². The number of imidazole rings is 1. The number of anilines is 1. The molecular weight excluding hydrogens is 380 g/mol. The topological polar surface area (TPSA) is 44.3 Å². The van der Waals surface area contributed by atoms with Crippen molar-refractivity contribution >= 4 is 22.5 Å². The smallest absolute Gasteiger partial charge is 0.157 e. The molecule has 4 nitrogen and oxygen atoms in total. The summed E-state index contributed by atoms with van der Waals surface area (Å²) < 4.78 is 2.21. The van der Waals surface area contributed by atoms with Crippen molar-refractivity contribution in [3.63, 3.8) is 0 Å². The van der Waals surface area contributed by atoms with Gasteiger partial charge in [-0.2, -0.15) is 5.26 Å². The Balaban J connectivity index is 1.53. The highest BCUT2D eigenvalue weighted by Crippen LogP contribution is 2.34. The number of piperidine rings is 1. The number of hydrogen-bond donors (Lipinski definition) is 0. The van der Waals surface area contributed by atoms with E-state index in [1.807, 2.05) is 12.1 Å². The number of nitrogens with zero attached hydrogens (tertiary/aromatic N) is 4. The number of benzene rings is 2. The van der Waals surface area contributed by atoms with Gasteiger partial charge in [0, 0.05) is 13.1 Å². The normalized spacial score (nSPS) is 15.1. The van der Waals surface area contributed by atoms with E-state index in [1.165, 1.54) is 24.2 Å². The van der Waals surface area contributed by atoms with Gasteiger partial charge in [-0.1, -0.05) is 56.3 Å². The molecule has 3 heterocycles. The van der Waals surface area contributed by atoms with Crippen molar-refractivity contribution in [2.45, 2.75) is 39.0 Å². The van der Waals surface area contributed by atoms with Gasteiger partial charge in [-0.15, -0.1) is 0 Å². The molecular formula is C27H28N4. The van der Waals surface area contributed by atoms with Crippen molar-refractivity contribution in [1.82, 2.24) is 9.38 Å². The van der Waals surface area contributed by atoms with Crippen LogP contribution in [0.4, 0.5) is 5.82 Å². The van der Waals surface area contributed by atoms with E-state index in [0.29, 0.717) is 5.56 Å². The highest BCUT2D eigenvalue weighted by Gasteiger charge is 2.25. The molecule has 0 aliphatic carbocycles. The molecule has 0 atom stereocenters. The lowest BCUT2D eigenvalue weighted by molar-refractivity contribution is 0.402. The number of para-hydroxylation sites is 2. The lowest BCUT2D eigenvalue weighted by Gasteiger charge is -2.34. The fourth-order valence-electron chi connectivity index (χ4n) is 4.95. The van der Waals surface area contributed by atoms with Gasteiger partial charge in [-0.05, 0) is 60.4 Å². The second-order valence-corrected chi connectivity index (χ2v) is 8.98. The van der Waals surface area contributed by atoms with E-state index in [0.717, 1.165) is 47.7 Å². The van der Waals surface area contributed by atoms with Crippen molar-refractivity contribution in [2.75, 3.05) is 18.0 Å². The Morgan fingerprint density at radius 1 is 1.03 bits per heavy atom. The third-order valence-electron chi connectivity index (χ3n) is 6.63. The van der Waals surface area contributed by atoms with E-state index < -0.39 is 0 Å². The maximum atomic E-state index is 9.95. The molecule has 1 fully saturated rings. The second kappa shape index (κ2) is 8.07. The lowest BCUT2D eigenvalue weighted by Crippen LogP contribution is -2.35. The molecule has 2 aromatic carbocycles. The molecule has 5 rings (SSSR count). The van der Waals surface area contributed by atoms with Crippen LogP contribution in [0.2, 0.25) is 0 Å². The maximum Gasteiger partial charge on any atom is 0.157 e. The first kappa shape index (κ1) is 19.6. The molecule has 0 amide bonds. The molecule has 4 aromatic rings. The first-order valence-electron chi connectivity index (χ1n) is 11.3. The summed E-state index contributed by atoms with van der Waals surface area (Å²) in [7, 11) is 0. The van der Waals surface area contributed by atoms with Crippen molar-refractivity contribution in [2.24, 2.45) is 5.92 Å². The molecule has 0 spiro atoms. The van der Waals surface area contributed by atoms with Crippen LogP contribution in [0.15, 0.2) is 60.7 Å². The first-order valence-corrected chi connectivity index (χ1v) is 11.3. The van der Waals surface area contributed by atoms with Crippen molar-refractivity contribution < 1.29 is 0 Å². The molecule has 156 valence electrons. The molecule has 1 aliphatic heterocycles. The largest absolute Gasteiger partial charge is 0.358 e. The summed E-state index contributed by atoms with van der Waals surface area (Å²) in [6.07, 6.45) is 3.52. The van der Waals surface area contributed by atoms with Gasteiger partial charge in [-0.3, -0.25) is 4.40 Å². The van der Waals surface area contributed by atoms with Gasteiger partial charge in [0.15, 0.2) is 5.65 Å². The molecule has 31 heavy (non-hydrogen) atoms. The Morgan fingerprint density at radius 2 is 1.74 bits per heavy atom. The summed E-state index contributed by atoms with van der Waals surface area (Å²) in [6.45, 7) is 6.38. The van der Waals surface area contributed by atoms with Gasteiger partial charge in [0.05, 0.1) is 16.6 Å². The van der Waals surface area contributed by atoms with Crippen LogP contribution in [0.1, 0.15) is 49.3 Å². The number of aromatic nitrogens is 2. The van der Waals surface area contributed by atoms with Crippen LogP contribution in [0, 0.1) is 17.2 Å². The quantitative estimate of drug-likeness (QED) is 0.420. The molecule has 1 aliphatic rings. The van der Waals surface area contributed by atoms with Crippen LogP contribution >= 0.6 is 0 Å². The van der Waals surface area contributed by atoms with Crippen molar-refractivity contribution in [3.05, 3.63) is 77.4 Å². The standard InChI is InChI=1S/C27H28N4/c1-19(2)22-17-26(30-14-12-21(13-15-30)16-20-8-4-3-5-9-20)31-25-11-7-6-10-24(25)29-27(31)23(22)18-28/h3-11,17,19,21H,12-16H2,1-2H3. The predicted molar refractivity (Wildman–Crippen MR) is 127 cm³/mol. The van der Waals surface area contributed by atoms with E-state index in [2.05, 4.69) is 77.7 Å². The minimum Gasteiger partial charge on any atom is -0.358 e. The minimum absolute atomic E-state index is 0.272. The minimum atomic E-state index is 0.272. The van der Waals surface area contributed by atoms with E-state index in [1.54, 1.807) is 0 Å². The highest BCUT2D eigenvalue weighted by molar-refractivity contribution is 5.85. The van der Waals surface area contributed by atoms with E-state index >= 15 is 0 Å². The Morgan fingerprint density at radius 3 is 2.45 bits per heavy atom. The summed E-state index contributed by atoms with van der Waals surface area (Å²) in [4.78, 5) is 7.36. The third kappa shape index (κ3) is 3.55. The molecule has 0 saturated carbocycles. The number of pyridine rings is 1. The zero-order valence-corrected chi connectivity index (χ0v) is 18.3. The third-order valence-corrected chi connectivity index (χ3v) is 6.63. The first-order chi connectivity index (χ1) is 15.2. The van der Waals surface area contributed by atoms with Gasteiger partial charge >= 0.3 is 0 Å². The number of rotatable bonds is 4. The fourth-order valence-corrected chi connectivity index (χ4v) is 4.95. The van der Waals surface area contributed by atoms with E-state index in [9.17, 15) is 5.26 Å². The highest BCUT2D eigenvalue weighted by atomic mass is 15.2. The number of nitriles is 1. The van der Waals surface area contributed by atoms with E-state index in [4.69, 9.17) is 4.98 Å². The van der Waals surface area contributed by atoms with Crippen LogP contribution in [-0.2, 0) is 6.42 Å². The fraction of sp³-hybridized carbons (Fsp3) is 0.333. The van der Waals surface area contributed by atoms with Crippen molar-refractivity contribution in [3.8, 4) is 6.07 Å². The Hall–Kier alpha value is -3.32. The Kier molecular flexibility index (Phi) is 5.11. The summed E-state index contributed by atoms with van der Waals surface area (Å²) in [5, 5.41) is 9.95. The van der Waals surface area contributed by atoms with Gasteiger partial charge in [-0.25, -0.2) is 4.98 Å². The summed E-state index contributed by atoms with van der Waals surface area (Å²) in [6, 6.07) is 23.7. The molecule has 0 radical (unpaired) electrons. The Bertz CT molecular complexity index is 1260. The molecule has 0 bridgehead atoms. The maximum absolute atomic E-state index is 9.95. The van der Waals surface area contributed by atoms with Crippen molar-refractivity contribution in [1.29, 1.82) is 5.26 Å². The zero-order valence-electron chi connectivity index (χ0n) is 18.3. The average molecular weight is 409 g/mol. The van der Waals surface area contributed by atoms with Crippen LogP contribution in [0.3, 0.4) is 0 Å². The second-order valence-electron chi connectivity index (χ2n) is 8.98. The molecule has 2 aromatic heterocycles. The Labute approximate surface area is 183 Å². The SMILES string of the molecule is CC(C)c1cc(N2CCC(Cc3ccccc3)CC2)n2c(nc3ccccc32)c1C#N. The predicted octanol–water partition coefficient (Wildman–Crippen LogP) is 5.94. The van der Waals surface area contributed by atoms with Gasteiger partial charge in [0.1, 0.15) is 11.9 Å². The van der Waals surface area contributed by atoms with Crippen LogP contribution in [0.25, 0.3) is 16.7 Å². The molecule has 0 unspecified atom stereocenters. The van der Waals surface area contributed by atoms with Crippen LogP contribution < -0.4 is 4.90 Å². The zero-order chi connectivity index (χ0) is 21.4. The monoisotopic (exact) mass is 408 g/mol. The summed E-state index contributed by atoms with van der Waals surface area (Å²) >= 11 is 0. The molecule has 0 N–H and O–H groups in total. The van der Waals surface area contributed by atoms with Gasteiger partial charge < -0.3 is 4.90 Å². The summed E-state index contributed by atoms with van der Waals surface area (Å²) in [5.41, 5.74) is 6.03. The summed E-state index contributed by atoms with van der Waals surface area (Å²) in [5.74, 6) is 2.16. The van der Waals surface area contributed by atoms with Gasteiger partial charge in [0.2, 0.25) is 0 Å². The van der Waals surface area contributed by atoms with Crippen LogP contribution in [0.5, 0.6) is 0 Å². The molecule has 4 heteroatoms. The lowest BCUT2D eigenvalue weighted by atomic mass is 9.90.